The van der Waals surface area contributed by atoms with Gasteiger partial charge in [0.25, 0.3) is 0 Å². The van der Waals surface area contributed by atoms with Crippen LogP contribution < -0.4 is 4.84 Å². The van der Waals surface area contributed by atoms with E-state index in [1.807, 2.05) is 22.7 Å². The van der Waals surface area contributed by atoms with E-state index >= 15 is 0 Å². The second kappa shape index (κ2) is 11.4. The zero-order valence-electron chi connectivity index (χ0n) is 27.0. The molecule has 8 heteroatoms. The lowest BCUT2D eigenvalue weighted by molar-refractivity contribution is -0.0107. The first kappa shape index (κ1) is 32.6. The summed E-state index contributed by atoms with van der Waals surface area (Å²) in [6.07, 6.45) is 1.89. The van der Waals surface area contributed by atoms with E-state index in [0.29, 0.717) is 0 Å². The highest BCUT2D eigenvalue weighted by molar-refractivity contribution is 7.21. The standard InChI is InChI=1S/C31H53NO3S2Si2/c1-22-27(26-16-15-23(36-26)17-19-33-38(11,12)30(5,6)7)28-25(32(22)35-29(2,3)4)21-24(37-28)18-20-34-39(13,14)31(8,9)10/h15-16,21H,17-20H2,1-14H3. The Morgan fingerprint density at radius 2 is 1.26 bits per heavy atom. The molecule has 0 unspecified atom stereocenters. The highest BCUT2D eigenvalue weighted by atomic mass is 32.1. The quantitative estimate of drug-likeness (QED) is 0.215. The Hall–Kier alpha value is -0.906. The molecule has 3 aromatic heterocycles. The summed E-state index contributed by atoms with van der Waals surface area (Å²) < 4.78 is 16.4. The van der Waals surface area contributed by atoms with E-state index in [9.17, 15) is 0 Å². The van der Waals surface area contributed by atoms with Gasteiger partial charge in [0, 0.05) is 46.3 Å². The Balaban J connectivity index is 1.87. The molecule has 0 fully saturated rings. The molecule has 0 atom stereocenters. The van der Waals surface area contributed by atoms with Gasteiger partial charge in [0.05, 0.1) is 15.9 Å². The van der Waals surface area contributed by atoms with Crippen LogP contribution in [0.4, 0.5) is 0 Å². The zero-order chi connectivity index (χ0) is 29.6. The number of rotatable bonds is 10. The van der Waals surface area contributed by atoms with Crippen molar-refractivity contribution in [1.82, 2.24) is 4.73 Å². The molecule has 0 aromatic carbocycles. The third kappa shape index (κ3) is 7.69. The highest BCUT2D eigenvalue weighted by Crippen LogP contribution is 2.43. The van der Waals surface area contributed by atoms with Crippen molar-refractivity contribution in [2.75, 3.05) is 13.2 Å². The maximum Gasteiger partial charge on any atom is 0.191 e. The van der Waals surface area contributed by atoms with Crippen LogP contribution in [-0.2, 0) is 21.7 Å². The maximum atomic E-state index is 6.51. The summed E-state index contributed by atoms with van der Waals surface area (Å²) in [7, 11) is -3.49. The second-order valence-corrected chi connectivity index (χ2v) is 26.8. The molecule has 0 aliphatic rings. The molecule has 0 spiro atoms. The highest BCUT2D eigenvalue weighted by Gasteiger charge is 2.38. The predicted octanol–water partition coefficient (Wildman–Crippen LogP) is 10.1. The normalized spacial score (nSPS) is 14.0. The minimum absolute atomic E-state index is 0.223. The molecule has 0 saturated heterocycles. The van der Waals surface area contributed by atoms with E-state index in [4.69, 9.17) is 13.7 Å². The molecule has 220 valence electrons. The van der Waals surface area contributed by atoms with Crippen molar-refractivity contribution in [2.24, 2.45) is 0 Å². The Bertz CT molecular complexity index is 1260. The van der Waals surface area contributed by atoms with E-state index in [0.717, 1.165) is 26.1 Å². The first-order valence-electron chi connectivity index (χ1n) is 14.3. The fourth-order valence-corrected chi connectivity index (χ4v) is 8.38. The Morgan fingerprint density at radius 3 is 1.74 bits per heavy atom. The molecule has 0 N–H and O–H groups in total. The van der Waals surface area contributed by atoms with Crippen molar-refractivity contribution in [2.45, 2.75) is 124 Å². The minimum atomic E-state index is -1.76. The molecule has 0 bridgehead atoms. The largest absolute Gasteiger partial charge is 0.416 e. The van der Waals surface area contributed by atoms with Crippen LogP contribution in [0.5, 0.6) is 0 Å². The topological polar surface area (TPSA) is 32.6 Å². The Labute approximate surface area is 248 Å². The van der Waals surface area contributed by atoms with Crippen LogP contribution in [0, 0.1) is 6.92 Å². The molecule has 0 radical (unpaired) electrons. The molecule has 39 heavy (non-hydrogen) atoms. The van der Waals surface area contributed by atoms with Crippen molar-refractivity contribution in [1.29, 1.82) is 0 Å². The van der Waals surface area contributed by atoms with Gasteiger partial charge in [-0.3, -0.25) is 0 Å². The van der Waals surface area contributed by atoms with Crippen molar-refractivity contribution in [3.63, 3.8) is 0 Å². The van der Waals surface area contributed by atoms with Gasteiger partial charge in [0.1, 0.15) is 5.60 Å². The fraction of sp³-hybridized carbons (Fsp3) is 0.677. The van der Waals surface area contributed by atoms with E-state index < -0.39 is 16.6 Å². The van der Waals surface area contributed by atoms with E-state index in [1.54, 1.807) is 0 Å². The number of hydrogen-bond acceptors (Lipinski definition) is 5. The van der Waals surface area contributed by atoms with Gasteiger partial charge < -0.3 is 13.7 Å². The Morgan fingerprint density at radius 1 is 0.744 bits per heavy atom. The lowest BCUT2D eigenvalue weighted by atomic mass is 10.2. The number of fused-ring (bicyclic) bond motifs is 1. The summed E-state index contributed by atoms with van der Waals surface area (Å²) in [4.78, 5) is 10.5. The molecular weight excluding hydrogens is 555 g/mol. The van der Waals surface area contributed by atoms with Crippen molar-refractivity contribution in [3.05, 3.63) is 33.6 Å². The second-order valence-electron chi connectivity index (χ2n) is 14.9. The molecule has 0 aliphatic carbocycles. The first-order chi connectivity index (χ1) is 17.6. The van der Waals surface area contributed by atoms with Crippen LogP contribution in [0.25, 0.3) is 20.7 Å². The molecule has 3 rings (SSSR count). The third-order valence-electron chi connectivity index (χ3n) is 8.38. The van der Waals surface area contributed by atoms with Gasteiger partial charge in [-0.05, 0) is 82.2 Å². The average molecular weight is 608 g/mol. The molecule has 4 nitrogen and oxygen atoms in total. The summed E-state index contributed by atoms with van der Waals surface area (Å²) in [6, 6.07) is 6.89. The molecule has 3 aromatic rings. The number of aromatic nitrogens is 1. The Kier molecular flexibility index (Phi) is 9.54. The van der Waals surface area contributed by atoms with Gasteiger partial charge in [-0.15, -0.1) is 22.7 Å². The van der Waals surface area contributed by atoms with Crippen molar-refractivity contribution >= 4 is 49.5 Å². The minimum Gasteiger partial charge on any atom is -0.416 e. The van der Waals surface area contributed by atoms with Crippen LogP contribution in [-0.4, -0.2) is 40.2 Å². The first-order valence-corrected chi connectivity index (χ1v) is 21.8. The maximum absolute atomic E-state index is 6.51. The van der Waals surface area contributed by atoms with Crippen LogP contribution in [0.3, 0.4) is 0 Å². The summed E-state index contributed by atoms with van der Waals surface area (Å²) in [5.41, 5.74) is 3.35. The van der Waals surface area contributed by atoms with E-state index in [2.05, 4.69) is 118 Å². The molecule has 0 saturated carbocycles. The summed E-state index contributed by atoms with van der Waals surface area (Å²) in [5, 5.41) is 0.458. The fourth-order valence-electron chi connectivity index (χ4n) is 3.91. The third-order valence-corrected chi connectivity index (χ3v) is 19.8. The summed E-state index contributed by atoms with van der Waals surface area (Å²) >= 11 is 3.78. The smallest absolute Gasteiger partial charge is 0.191 e. The molecular formula is C31H53NO3S2Si2. The molecule has 0 amide bonds. The van der Waals surface area contributed by atoms with Gasteiger partial charge >= 0.3 is 0 Å². The van der Waals surface area contributed by atoms with Crippen LogP contribution in [0.15, 0.2) is 18.2 Å². The van der Waals surface area contributed by atoms with Gasteiger partial charge in [-0.1, -0.05) is 41.5 Å². The van der Waals surface area contributed by atoms with Crippen molar-refractivity contribution in [3.8, 4) is 10.4 Å². The average Bonchev–Trinajstić information content (AvgIpc) is 3.42. The van der Waals surface area contributed by atoms with Crippen LogP contribution in [0.2, 0.25) is 36.3 Å². The van der Waals surface area contributed by atoms with Gasteiger partial charge in [-0.25, -0.2) is 0 Å². The summed E-state index contributed by atoms with van der Waals surface area (Å²) in [5.74, 6) is 0. The van der Waals surface area contributed by atoms with Crippen molar-refractivity contribution < 1.29 is 13.7 Å². The number of thiophene rings is 2. The van der Waals surface area contributed by atoms with E-state index in [1.165, 1.54) is 36.1 Å². The lowest BCUT2D eigenvalue weighted by Gasteiger charge is -2.36. The molecule has 0 aliphatic heterocycles. The van der Waals surface area contributed by atoms with Gasteiger partial charge in [0.15, 0.2) is 16.6 Å². The summed E-state index contributed by atoms with van der Waals surface area (Å²) in [6.45, 7) is 33.2. The molecule has 3 heterocycles. The lowest BCUT2D eigenvalue weighted by Crippen LogP contribution is -2.41. The van der Waals surface area contributed by atoms with Gasteiger partial charge in [0.2, 0.25) is 0 Å². The van der Waals surface area contributed by atoms with Crippen LogP contribution >= 0.6 is 22.7 Å². The van der Waals surface area contributed by atoms with E-state index in [-0.39, 0.29) is 15.7 Å². The SMILES string of the molecule is Cc1c(-c2ccc(CCO[Si](C)(C)C(C)(C)C)s2)c2sc(CCO[Si](C)(C)C(C)(C)C)cc2n1OC(C)(C)C. The number of hydrogen-bond donors (Lipinski definition) is 0. The zero-order valence-corrected chi connectivity index (χ0v) is 30.7. The predicted molar refractivity (Wildman–Crippen MR) is 178 cm³/mol. The van der Waals surface area contributed by atoms with Gasteiger partial charge in [-0.2, -0.15) is 4.73 Å². The number of nitrogens with zero attached hydrogens (tertiary/aromatic N) is 1. The van der Waals surface area contributed by atoms with Crippen LogP contribution in [0.1, 0.15) is 77.8 Å². The monoisotopic (exact) mass is 607 g/mol.